The Morgan fingerprint density at radius 2 is 1.90 bits per heavy atom. The van der Waals surface area contributed by atoms with E-state index in [1.165, 1.54) is 44.6 Å². The van der Waals surface area contributed by atoms with Crippen LogP contribution in [0.1, 0.15) is 12.8 Å². The van der Waals surface area contributed by atoms with Crippen LogP contribution in [-0.2, 0) is 0 Å². The minimum absolute atomic E-state index is 0.131. The SMILES string of the molecule is O=[N+]([O-])c1ccc(NCCNC2CN3CCC2CC3)cc1. The van der Waals surface area contributed by atoms with E-state index in [1.807, 2.05) is 0 Å². The van der Waals surface area contributed by atoms with E-state index in [-0.39, 0.29) is 10.6 Å². The molecule has 0 radical (unpaired) electrons. The fourth-order valence-electron chi connectivity index (χ4n) is 3.36. The molecule has 3 fully saturated rings. The summed E-state index contributed by atoms with van der Waals surface area (Å²) in [5.41, 5.74) is 1.06. The fourth-order valence-corrected chi connectivity index (χ4v) is 3.36. The zero-order chi connectivity index (χ0) is 14.7. The van der Waals surface area contributed by atoms with Crippen molar-refractivity contribution in [3.8, 4) is 0 Å². The topological polar surface area (TPSA) is 70.4 Å². The molecule has 2 N–H and O–H groups in total. The molecule has 2 bridgehead atoms. The van der Waals surface area contributed by atoms with E-state index in [0.29, 0.717) is 6.04 Å². The zero-order valence-electron chi connectivity index (χ0n) is 12.1. The van der Waals surface area contributed by atoms with E-state index in [9.17, 15) is 10.1 Å². The molecule has 6 heteroatoms. The zero-order valence-corrected chi connectivity index (χ0v) is 12.1. The second-order valence-electron chi connectivity index (χ2n) is 5.93. The van der Waals surface area contributed by atoms with Gasteiger partial charge < -0.3 is 15.5 Å². The van der Waals surface area contributed by atoms with Crippen LogP contribution in [0.5, 0.6) is 0 Å². The van der Waals surface area contributed by atoms with Crippen molar-refractivity contribution in [3.63, 3.8) is 0 Å². The lowest BCUT2D eigenvalue weighted by molar-refractivity contribution is -0.384. The van der Waals surface area contributed by atoms with Crippen LogP contribution in [-0.4, -0.2) is 48.6 Å². The summed E-state index contributed by atoms with van der Waals surface area (Å²) in [6, 6.07) is 7.21. The fraction of sp³-hybridized carbons (Fsp3) is 0.600. The van der Waals surface area contributed by atoms with Crippen molar-refractivity contribution in [1.82, 2.24) is 10.2 Å². The van der Waals surface area contributed by atoms with Gasteiger partial charge in [-0.15, -0.1) is 0 Å². The first-order chi connectivity index (χ1) is 10.2. The predicted molar refractivity (Wildman–Crippen MR) is 82.5 cm³/mol. The number of hydrogen-bond donors (Lipinski definition) is 2. The molecule has 0 aliphatic carbocycles. The van der Waals surface area contributed by atoms with Gasteiger partial charge in [-0.25, -0.2) is 0 Å². The number of nitro groups is 1. The van der Waals surface area contributed by atoms with Gasteiger partial charge in [0.25, 0.3) is 5.69 Å². The minimum Gasteiger partial charge on any atom is -0.384 e. The summed E-state index contributed by atoms with van der Waals surface area (Å²) in [5, 5.41) is 17.5. The van der Waals surface area contributed by atoms with Gasteiger partial charge in [0.15, 0.2) is 0 Å². The third kappa shape index (κ3) is 3.51. The molecular weight excluding hydrogens is 268 g/mol. The van der Waals surface area contributed by atoms with Crippen LogP contribution in [0.4, 0.5) is 11.4 Å². The number of fused-ring (bicyclic) bond motifs is 3. The maximum Gasteiger partial charge on any atom is 0.269 e. The van der Waals surface area contributed by atoms with Crippen molar-refractivity contribution < 1.29 is 4.92 Å². The van der Waals surface area contributed by atoms with E-state index in [2.05, 4.69) is 15.5 Å². The molecule has 114 valence electrons. The van der Waals surface area contributed by atoms with E-state index < -0.39 is 0 Å². The van der Waals surface area contributed by atoms with Crippen LogP contribution in [0.25, 0.3) is 0 Å². The standard InChI is InChI=1S/C15H22N4O2/c20-19(21)14-3-1-13(2-4-14)16-7-8-17-15-11-18-9-5-12(15)6-10-18/h1-4,12,15-17H,5-11H2. The third-order valence-electron chi connectivity index (χ3n) is 4.59. The Bertz CT molecular complexity index is 483. The van der Waals surface area contributed by atoms with Crippen LogP contribution in [0.15, 0.2) is 24.3 Å². The molecule has 0 amide bonds. The minimum atomic E-state index is -0.376. The van der Waals surface area contributed by atoms with Crippen LogP contribution >= 0.6 is 0 Å². The van der Waals surface area contributed by atoms with Crippen molar-refractivity contribution in [3.05, 3.63) is 34.4 Å². The highest BCUT2D eigenvalue weighted by Gasteiger charge is 2.33. The summed E-state index contributed by atoms with van der Waals surface area (Å²) in [5.74, 6) is 0.842. The number of nitro benzene ring substituents is 1. The molecule has 0 saturated carbocycles. The molecule has 21 heavy (non-hydrogen) atoms. The molecule has 0 aromatic heterocycles. The van der Waals surface area contributed by atoms with Crippen molar-refractivity contribution in [2.75, 3.05) is 38.0 Å². The van der Waals surface area contributed by atoms with Gasteiger partial charge in [-0.2, -0.15) is 0 Å². The quantitative estimate of drug-likeness (QED) is 0.474. The van der Waals surface area contributed by atoms with Gasteiger partial charge in [-0.05, 0) is 44.0 Å². The molecule has 3 heterocycles. The van der Waals surface area contributed by atoms with Crippen LogP contribution < -0.4 is 10.6 Å². The molecule has 3 aliphatic rings. The number of piperidine rings is 3. The van der Waals surface area contributed by atoms with E-state index >= 15 is 0 Å². The number of hydrogen-bond acceptors (Lipinski definition) is 5. The normalized spacial score (nSPS) is 27.5. The Morgan fingerprint density at radius 3 is 2.48 bits per heavy atom. The lowest BCUT2D eigenvalue weighted by atomic mass is 9.84. The van der Waals surface area contributed by atoms with Gasteiger partial charge in [0, 0.05) is 43.5 Å². The van der Waals surface area contributed by atoms with Gasteiger partial charge >= 0.3 is 0 Å². The first-order valence-corrected chi connectivity index (χ1v) is 7.66. The van der Waals surface area contributed by atoms with Gasteiger partial charge in [-0.1, -0.05) is 0 Å². The molecule has 1 aromatic rings. The summed E-state index contributed by atoms with van der Waals surface area (Å²) in [6.45, 7) is 5.48. The molecule has 3 aliphatic heterocycles. The second-order valence-corrected chi connectivity index (χ2v) is 5.93. The van der Waals surface area contributed by atoms with Crippen LogP contribution in [0.2, 0.25) is 0 Å². The molecule has 0 spiro atoms. The third-order valence-corrected chi connectivity index (χ3v) is 4.59. The number of nitrogens with one attached hydrogen (secondary N) is 2. The van der Waals surface area contributed by atoms with Gasteiger partial charge in [0.05, 0.1) is 4.92 Å². The Hall–Kier alpha value is -1.66. The monoisotopic (exact) mass is 290 g/mol. The second kappa shape index (κ2) is 6.41. The average Bonchev–Trinajstić information content (AvgIpc) is 2.53. The summed E-state index contributed by atoms with van der Waals surface area (Å²) in [4.78, 5) is 12.7. The Kier molecular flexibility index (Phi) is 4.36. The average molecular weight is 290 g/mol. The number of anilines is 1. The molecule has 1 unspecified atom stereocenters. The van der Waals surface area contributed by atoms with E-state index in [4.69, 9.17) is 0 Å². The molecule has 4 rings (SSSR count). The number of nitrogens with zero attached hydrogens (tertiary/aromatic N) is 2. The maximum atomic E-state index is 10.6. The highest BCUT2D eigenvalue weighted by atomic mass is 16.6. The smallest absolute Gasteiger partial charge is 0.269 e. The molecule has 3 saturated heterocycles. The van der Waals surface area contributed by atoms with Crippen LogP contribution in [0, 0.1) is 16.0 Å². The molecular formula is C15H22N4O2. The Balaban J connectivity index is 1.39. The number of benzene rings is 1. The Morgan fingerprint density at radius 1 is 1.19 bits per heavy atom. The largest absolute Gasteiger partial charge is 0.384 e. The molecule has 1 aromatic carbocycles. The van der Waals surface area contributed by atoms with Crippen LogP contribution in [0.3, 0.4) is 0 Å². The number of non-ortho nitro benzene ring substituents is 1. The van der Waals surface area contributed by atoms with E-state index in [0.717, 1.165) is 24.7 Å². The van der Waals surface area contributed by atoms with E-state index in [1.54, 1.807) is 12.1 Å². The first-order valence-electron chi connectivity index (χ1n) is 7.66. The summed E-state index contributed by atoms with van der Waals surface area (Å²) in [7, 11) is 0. The Labute approximate surface area is 124 Å². The lowest BCUT2D eigenvalue weighted by Crippen LogP contribution is -2.56. The van der Waals surface area contributed by atoms with Crippen molar-refractivity contribution in [2.24, 2.45) is 5.92 Å². The number of rotatable bonds is 6. The molecule has 6 nitrogen and oxygen atoms in total. The maximum absolute atomic E-state index is 10.6. The molecule has 1 atom stereocenters. The van der Waals surface area contributed by atoms with Crippen molar-refractivity contribution in [1.29, 1.82) is 0 Å². The summed E-state index contributed by atoms with van der Waals surface area (Å²) >= 11 is 0. The summed E-state index contributed by atoms with van der Waals surface area (Å²) < 4.78 is 0. The lowest BCUT2D eigenvalue weighted by Gasteiger charge is -2.45. The first kappa shape index (κ1) is 14.3. The summed E-state index contributed by atoms with van der Waals surface area (Å²) in [6.07, 6.45) is 2.65. The van der Waals surface area contributed by atoms with Crippen molar-refractivity contribution >= 4 is 11.4 Å². The van der Waals surface area contributed by atoms with Gasteiger partial charge in [-0.3, -0.25) is 10.1 Å². The van der Waals surface area contributed by atoms with Crippen molar-refractivity contribution in [2.45, 2.75) is 18.9 Å². The highest BCUT2D eigenvalue weighted by molar-refractivity contribution is 5.48. The van der Waals surface area contributed by atoms with Gasteiger partial charge in [0.1, 0.15) is 0 Å². The highest BCUT2D eigenvalue weighted by Crippen LogP contribution is 2.27. The predicted octanol–water partition coefficient (Wildman–Crippen LogP) is 1.69. The van der Waals surface area contributed by atoms with Gasteiger partial charge in [0.2, 0.25) is 0 Å².